The molecule has 1 unspecified atom stereocenters. The standard InChI is InChI=1S/C29H30F3N3O4/c1-17-15-33-18(2)12-22(17)19-8-7-9-20(13-19)28(6,16-36)25(37)34-24-14-21(29(30,31)32)10-11-23(24)35-26(38)39-27(3,4)5/h7-16H,1-6H3,(H,34,37)(H,35,38). The number of amides is 2. The molecule has 7 nitrogen and oxygen atoms in total. The number of pyridine rings is 1. The van der Waals surface area contributed by atoms with Gasteiger partial charge >= 0.3 is 12.3 Å². The highest BCUT2D eigenvalue weighted by molar-refractivity contribution is 6.11. The van der Waals surface area contributed by atoms with Crippen molar-refractivity contribution in [1.29, 1.82) is 0 Å². The number of aromatic nitrogens is 1. The van der Waals surface area contributed by atoms with E-state index in [0.717, 1.165) is 34.5 Å². The summed E-state index contributed by atoms with van der Waals surface area (Å²) in [5, 5.41) is 4.78. The van der Waals surface area contributed by atoms with Crippen LogP contribution < -0.4 is 10.6 Å². The molecule has 39 heavy (non-hydrogen) atoms. The molecule has 0 fully saturated rings. The average Bonchev–Trinajstić information content (AvgIpc) is 2.84. The van der Waals surface area contributed by atoms with Crippen LogP contribution in [0.4, 0.5) is 29.3 Å². The summed E-state index contributed by atoms with van der Waals surface area (Å²) in [5.74, 6) is -0.885. The molecule has 206 valence electrons. The van der Waals surface area contributed by atoms with Gasteiger partial charge in [0.1, 0.15) is 17.3 Å². The molecule has 2 amide bonds. The van der Waals surface area contributed by atoms with Gasteiger partial charge < -0.3 is 14.8 Å². The smallest absolute Gasteiger partial charge is 0.416 e. The fourth-order valence-electron chi connectivity index (χ4n) is 3.80. The number of benzene rings is 2. The maximum atomic E-state index is 13.5. The van der Waals surface area contributed by atoms with Crippen molar-refractivity contribution in [3.8, 4) is 11.1 Å². The minimum atomic E-state index is -4.72. The number of alkyl halides is 3. The highest BCUT2D eigenvalue weighted by Gasteiger charge is 2.37. The number of halogens is 3. The predicted octanol–water partition coefficient (Wildman–Crippen LogP) is 6.83. The summed E-state index contributed by atoms with van der Waals surface area (Å²) >= 11 is 0. The number of nitrogens with zero attached hydrogens (tertiary/aromatic N) is 1. The van der Waals surface area contributed by atoms with Gasteiger partial charge in [-0.15, -0.1) is 0 Å². The summed E-state index contributed by atoms with van der Waals surface area (Å²) in [6, 6.07) is 11.1. The Labute approximate surface area is 224 Å². The molecule has 0 saturated carbocycles. The Balaban J connectivity index is 2.01. The second-order valence-corrected chi connectivity index (χ2v) is 10.4. The second kappa shape index (κ2) is 10.9. The first-order valence-electron chi connectivity index (χ1n) is 12.1. The van der Waals surface area contributed by atoms with Gasteiger partial charge in [0.25, 0.3) is 0 Å². The van der Waals surface area contributed by atoms with Gasteiger partial charge in [-0.25, -0.2) is 4.79 Å². The van der Waals surface area contributed by atoms with Gasteiger partial charge in [-0.3, -0.25) is 15.1 Å². The minimum Gasteiger partial charge on any atom is -0.444 e. The zero-order chi connectivity index (χ0) is 29.2. The third kappa shape index (κ3) is 7.01. The lowest BCUT2D eigenvalue weighted by molar-refractivity contribution is -0.137. The fourth-order valence-corrected chi connectivity index (χ4v) is 3.80. The highest BCUT2D eigenvalue weighted by atomic mass is 19.4. The average molecular weight is 542 g/mol. The van der Waals surface area contributed by atoms with Crippen molar-refractivity contribution < 1.29 is 32.3 Å². The Morgan fingerprint density at radius 1 is 0.897 bits per heavy atom. The van der Waals surface area contributed by atoms with Gasteiger partial charge in [0.05, 0.1) is 16.9 Å². The van der Waals surface area contributed by atoms with E-state index in [1.165, 1.54) is 6.92 Å². The second-order valence-electron chi connectivity index (χ2n) is 10.4. The molecule has 0 saturated heterocycles. The lowest BCUT2D eigenvalue weighted by Gasteiger charge is -2.25. The number of aldehydes is 1. The van der Waals surface area contributed by atoms with Crippen molar-refractivity contribution in [2.75, 3.05) is 10.6 Å². The number of carbonyl (C=O) groups excluding carboxylic acids is 3. The monoisotopic (exact) mass is 541 g/mol. The molecule has 1 heterocycles. The lowest BCUT2D eigenvalue weighted by atomic mass is 9.81. The molecule has 10 heteroatoms. The number of rotatable bonds is 6. The molecule has 0 aliphatic carbocycles. The van der Waals surface area contributed by atoms with E-state index in [4.69, 9.17) is 4.74 Å². The summed E-state index contributed by atoms with van der Waals surface area (Å²) < 4.78 is 45.6. The number of aryl methyl sites for hydroxylation is 2. The van der Waals surface area contributed by atoms with Crippen LogP contribution in [0.1, 0.15) is 50.1 Å². The van der Waals surface area contributed by atoms with Crippen LogP contribution in [-0.4, -0.2) is 28.9 Å². The Kier molecular flexibility index (Phi) is 8.19. The topological polar surface area (TPSA) is 97.4 Å². The molecular formula is C29H30F3N3O4. The zero-order valence-electron chi connectivity index (χ0n) is 22.5. The zero-order valence-corrected chi connectivity index (χ0v) is 22.5. The molecule has 1 aromatic heterocycles. The number of ether oxygens (including phenoxy) is 1. The van der Waals surface area contributed by atoms with Gasteiger partial charge in [-0.05, 0) is 94.1 Å². The minimum absolute atomic E-state index is 0.129. The Morgan fingerprint density at radius 2 is 1.59 bits per heavy atom. The summed E-state index contributed by atoms with van der Waals surface area (Å²) in [6.45, 7) is 9.97. The van der Waals surface area contributed by atoms with Crippen LogP contribution in [0, 0.1) is 13.8 Å². The van der Waals surface area contributed by atoms with Gasteiger partial charge in [-0.2, -0.15) is 13.2 Å². The van der Waals surface area contributed by atoms with Gasteiger partial charge in [0, 0.05) is 11.9 Å². The van der Waals surface area contributed by atoms with Crippen LogP contribution in [0.2, 0.25) is 0 Å². The maximum absolute atomic E-state index is 13.5. The maximum Gasteiger partial charge on any atom is 0.416 e. The quantitative estimate of drug-likeness (QED) is 0.263. The molecule has 1 atom stereocenters. The molecule has 0 radical (unpaired) electrons. The van der Waals surface area contributed by atoms with Crippen molar-refractivity contribution in [3.05, 3.63) is 77.1 Å². The van der Waals surface area contributed by atoms with E-state index in [1.807, 2.05) is 26.0 Å². The van der Waals surface area contributed by atoms with E-state index in [-0.39, 0.29) is 11.4 Å². The summed E-state index contributed by atoms with van der Waals surface area (Å²) in [6.07, 6.45) is -3.49. The molecule has 2 N–H and O–H groups in total. The van der Waals surface area contributed by atoms with E-state index in [1.54, 1.807) is 45.2 Å². The third-order valence-corrected chi connectivity index (χ3v) is 5.95. The highest BCUT2D eigenvalue weighted by Crippen LogP contribution is 2.36. The van der Waals surface area contributed by atoms with Gasteiger partial charge in [0.2, 0.25) is 5.91 Å². The van der Waals surface area contributed by atoms with Crippen LogP contribution in [0.5, 0.6) is 0 Å². The van der Waals surface area contributed by atoms with Crippen LogP contribution in [0.25, 0.3) is 11.1 Å². The molecule has 0 aliphatic heterocycles. The van der Waals surface area contributed by atoms with E-state index in [2.05, 4.69) is 15.6 Å². The molecular weight excluding hydrogens is 511 g/mol. The molecule has 3 aromatic rings. The van der Waals surface area contributed by atoms with E-state index < -0.39 is 34.8 Å². The lowest BCUT2D eigenvalue weighted by Crippen LogP contribution is -2.39. The van der Waals surface area contributed by atoms with E-state index >= 15 is 0 Å². The Bertz CT molecular complexity index is 1410. The largest absolute Gasteiger partial charge is 0.444 e. The summed E-state index contributed by atoms with van der Waals surface area (Å²) in [7, 11) is 0. The number of nitrogens with one attached hydrogen (secondary N) is 2. The normalized spacial score (nSPS) is 13.3. The number of hydrogen-bond donors (Lipinski definition) is 2. The number of anilines is 2. The summed E-state index contributed by atoms with van der Waals surface area (Å²) in [4.78, 5) is 42.4. The molecule has 0 spiro atoms. The molecule has 2 aromatic carbocycles. The Morgan fingerprint density at radius 3 is 2.21 bits per heavy atom. The number of carbonyl (C=O) groups is 3. The molecule has 0 aliphatic rings. The van der Waals surface area contributed by atoms with Crippen molar-refractivity contribution >= 4 is 29.7 Å². The summed E-state index contributed by atoms with van der Waals surface area (Å²) in [5.41, 5.74) is -0.567. The van der Waals surface area contributed by atoms with Crippen LogP contribution in [0.3, 0.4) is 0 Å². The first-order valence-corrected chi connectivity index (χ1v) is 12.1. The third-order valence-electron chi connectivity index (χ3n) is 5.95. The van der Waals surface area contributed by atoms with Crippen molar-refractivity contribution in [2.24, 2.45) is 0 Å². The first kappa shape index (κ1) is 29.3. The van der Waals surface area contributed by atoms with Crippen LogP contribution in [-0.2, 0) is 25.9 Å². The number of hydrogen-bond acceptors (Lipinski definition) is 5. The first-order chi connectivity index (χ1) is 18.0. The van der Waals surface area contributed by atoms with Crippen molar-refractivity contribution in [2.45, 2.75) is 58.7 Å². The van der Waals surface area contributed by atoms with E-state index in [0.29, 0.717) is 17.9 Å². The van der Waals surface area contributed by atoms with Crippen LogP contribution >= 0.6 is 0 Å². The molecule has 3 rings (SSSR count). The fraction of sp³-hybridized carbons (Fsp3) is 0.310. The SMILES string of the molecule is Cc1cc(-c2cccc(C(C)(C=O)C(=O)Nc3cc(C(F)(F)F)ccc3NC(=O)OC(C)(C)C)c2)c(C)cn1. The predicted molar refractivity (Wildman–Crippen MR) is 142 cm³/mol. The Hall–Kier alpha value is -4.21. The molecule has 0 bridgehead atoms. The van der Waals surface area contributed by atoms with Crippen molar-refractivity contribution in [1.82, 2.24) is 4.98 Å². The van der Waals surface area contributed by atoms with Gasteiger partial charge in [0.15, 0.2) is 0 Å². The van der Waals surface area contributed by atoms with E-state index in [9.17, 15) is 27.6 Å². The van der Waals surface area contributed by atoms with Crippen LogP contribution in [0.15, 0.2) is 54.7 Å². The van der Waals surface area contributed by atoms with Gasteiger partial charge in [-0.1, -0.05) is 18.2 Å². The van der Waals surface area contributed by atoms with Crippen molar-refractivity contribution in [3.63, 3.8) is 0 Å².